The quantitative estimate of drug-likeness (QED) is 0.613. The van der Waals surface area contributed by atoms with Crippen molar-refractivity contribution in [2.45, 2.75) is 96.3 Å². The van der Waals surface area contributed by atoms with Gasteiger partial charge >= 0.3 is 0 Å². The minimum atomic E-state index is -0.601. The zero-order chi connectivity index (χ0) is 21.7. The molecule has 6 fully saturated rings. The Bertz CT molecular complexity index is 753. The molecule has 12 unspecified atom stereocenters. The molecule has 31 heavy (non-hydrogen) atoms. The number of nitrogens with zero attached hydrogens (tertiary/aromatic N) is 1. The Morgan fingerprint density at radius 1 is 0.935 bits per heavy atom. The van der Waals surface area contributed by atoms with E-state index < -0.39 is 11.7 Å². The third kappa shape index (κ3) is 2.86. The van der Waals surface area contributed by atoms with Crippen LogP contribution in [0.1, 0.15) is 78.6 Å². The minimum Gasteiger partial charge on any atom is -0.393 e. The van der Waals surface area contributed by atoms with E-state index in [9.17, 15) is 15.0 Å². The molecule has 2 N–H and O–H groups in total. The van der Waals surface area contributed by atoms with Crippen LogP contribution in [0.3, 0.4) is 0 Å². The van der Waals surface area contributed by atoms with E-state index in [0.717, 1.165) is 49.5 Å². The van der Waals surface area contributed by atoms with Crippen molar-refractivity contribution in [3.05, 3.63) is 0 Å². The molecule has 4 aliphatic carbocycles. The van der Waals surface area contributed by atoms with Crippen molar-refractivity contribution in [3.8, 4) is 0 Å². The molecule has 0 spiro atoms. The van der Waals surface area contributed by atoms with Gasteiger partial charge in [-0.1, -0.05) is 20.8 Å². The first-order valence-electron chi connectivity index (χ1n) is 13.4. The third-order valence-corrected chi connectivity index (χ3v) is 12.0. The van der Waals surface area contributed by atoms with E-state index in [0.29, 0.717) is 42.8 Å². The summed E-state index contributed by atoms with van der Waals surface area (Å²) < 4.78 is 0. The molecule has 2 heterocycles. The summed E-state index contributed by atoms with van der Waals surface area (Å²) in [7, 11) is 0. The maximum Gasteiger partial charge on any atom is 0.133 e. The molecular weight excluding hydrogens is 386 g/mol. The maximum atomic E-state index is 12.3. The number of fused-ring (bicyclic) bond motifs is 8. The van der Waals surface area contributed by atoms with Gasteiger partial charge < -0.3 is 10.2 Å². The molecule has 6 rings (SSSR count). The Labute approximate surface area is 188 Å². The van der Waals surface area contributed by atoms with Crippen LogP contribution in [0.5, 0.6) is 0 Å². The fraction of sp³-hybridized carbons (Fsp3) is 0.963. The number of piperidine rings is 2. The highest BCUT2D eigenvalue weighted by Gasteiger charge is 2.68. The summed E-state index contributed by atoms with van der Waals surface area (Å²) >= 11 is 0. The molecule has 174 valence electrons. The fourth-order valence-electron chi connectivity index (χ4n) is 10.4. The van der Waals surface area contributed by atoms with Crippen molar-refractivity contribution >= 4 is 5.78 Å². The van der Waals surface area contributed by atoms with Gasteiger partial charge in [-0.2, -0.15) is 0 Å². The van der Waals surface area contributed by atoms with Gasteiger partial charge in [-0.3, -0.25) is 9.69 Å². The van der Waals surface area contributed by atoms with Crippen LogP contribution in [0.15, 0.2) is 0 Å². The van der Waals surface area contributed by atoms with Gasteiger partial charge in [0, 0.05) is 32.0 Å². The van der Waals surface area contributed by atoms with Gasteiger partial charge in [-0.15, -0.1) is 0 Å². The van der Waals surface area contributed by atoms with Gasteiger partial charge in [0.2, 0.25) is 0 Å². The van der Waals surface area contributed by atoms with E-state index in [2.05, 4.69) is 25.7 Å². The zero-order valence-corrected chi connectivity index (χ0v) is 19.8. The minimum absolute atomic E-state index is 0.0151. The largest absolute Gasteiger partial charge is 0.393 e. The number of hydrogen-bond donors (Lipinski definition) is 2. The number of aliphatic hydroxyl groups is 2. The number of aliphatic hydroxyl groups excluding tert-OH is 1. The molecule has 2 aliphatic heterocycles. The van der Waals surface area contributed by atoms with Crippen molar-refractivity contribution in [1.82, 2.24) is 4.90 Å². The van der Waals surface area contributed by atoms with Gasteiger partial charge in [0.05, 0.1) is 11.7 Å². The number of carbonyl (C=O) groups excluding carboxylic acids is 1. The summed E-state index contributed by atoms with van der Waals surface area (Å²) in [6, 6.07) is 0.750. The van der Waals surface area contributed by atoms with Crippen LogP contribution < -0.4 is 0 Å². The summed E-state index contributed by atoms with van der Waals surface area (Å²) in [5.74, 6) is 4.39. The third-order valence-electron chi connectivity index (χ3n) is 12.0. The standard InChI is InChI=1S/C27H43NO3/c1-15-4-5-24-16(2)18-7-9-27(31)20(19(18)14-28(24)13-15)11-21-22(27)12-25(30)23-10-17(29)6-8-26(21,23)3/h15-16,18-25,30-31H,4-14H2,1-3H3. The number of hydrogen-bond acceptors (Lipinski definition) is 4. The van der Waals surface area contributed by atoms with E-state index in [4.69, 9.17) is 0 Å². The summed E-state index contributed by atoms with van der Waals surface area (Å²) in [5.41, 5.74) is -0.586. The van der Waals surface area contributed by atoms with Crippen LogP contribution in [0.4, 0.5) is 0 Å². The van der Waals surface area contributed by atoms with Crippen LogP contribution in [-0.2, 0) is 4.79 Å². The first-order valence-corrected chi connectivity index (χ1v) is 13.4. The van der Waals surface area contributed by atoms with Gasteiger partial charge in [-0.05, 0) is 97.7 Å². The van der Waals surface area contributed by atoms with Crippen molar-refractivity contribution < 1.29 is 15.0 Å². The first kappa shape index (κ1) is 21.1. The number of ketones is 1. The smallest absolute Gasteiger partial charge is 0.133 e. The molecule has 12 atom stereocenters. The molecule has 0 radical (unpaired) electrons. The van der Waals surface area contributed by atoms with E-state index in [1.807, 2.05) is 0 Å². The molecule has 4 nitrogen and oxygen atoms in total. The Hall–Kier alpha value is -0.450. The van der Waals surface area contributed by atoms with Gasteiger partial charge in [0.15, 0.2) is 0 Å². The second-order valence-electron chi connectivity index (χ2n) is 13.1. The normalized spacial score (nSPS) is 59.2. The van der Waals surface area contributed by atoms with Crippen molar-refractivity contribution in [3.63, 3.8) is 0 Å². The van der Waals surface area contributed by atoms with E-state index in [1.54, 1.807) is 0 Å². The molecule has 4 saturated carbocycles. The van der Waals surface area contributed by atoms with Gasteiger partial charge in [-0.25, -0.2) is 0 Å². The van der Waals surface area contributed by atoms with Crippen LogP contribution in [0, 0.1) is 52.8 Å². The molecular formula is C27H43NO3. The highest BCUT2D eigenvalue weighted by atomic mass is 16.3. The fourth-order valence-corrected chi connectivity index (χ4v) is 10.4. The number of rotatable bonds is 0. The monoisotopic (exact) mass is 429 g/mol. The van der Waals surface area contributed by atoms with Crippen molar-refractivity contribution in [2.24, 2.45) is 52.8 Å². The summed E-state index contributed by atoms with van der Waals surface area (Å²) in [6.07, 6.45) is 8.36. The zero-order valence-electron chi connectivity index (χ0n) is 19.8. The van der Waals surface area contributed by atoms with E-state index in [-0.39, 0.29) is 17.3 Å². The predicted molar refractivity (Wildman–Crippen MR) is 120 cm³/mol. The van der Waals surface area contributed by atoms with Crippen LogP contribution in [0.2, 0.25) is 0 Å². The molecule has 0 aromatic rings. The van der Waals surface area contributed by atoms with Crippen molar-refractivity contribution in [2.75, 3.05) is 13.1 Å². The van der Waals surface area contributed by atoms with Crippen LogP contribution >= 0.6 is 0 Å². The molecule has 0 bridgehead atoms. The van der Waals surface area contributed by atoms with Gasteiger partial charge in [0.25, 0.3) is 0 Å². The molecule has 0 aromatic heterocycles. The molecule has 6 aliphatic rings. The topological polar surface area (TPSA) is 60.8 Å². The van der Waals surface area contributed by atoms with E-state index in [1.165, 1.54) is 25.9 Å². The average Bonchev–Trinajstić information content (AvgIpc) is 3.03. The lowest BCUT2D eigenvalue weighted by Crippen LogP contribution is -2.62. The molecule has 0 aromatic carbocycles. The van der Waals surface area contributed by atoms with E-state index >= 15 is 0 Å². The second-order valence-corrected chi connectivity index (χ2v) is 13.1. The lowest BCUT2D eigenvalue weighted by Gasteiger charge is -2.58. The van der Waals surface area contributed by atoms with Crippen LogP contribution in [0.25, 0.3) is 0 Å². The molecule has 4 heteroatoms. The number of Topliss-reactive ketones (excluding diaryl/α,β-unsaturated/α-hetero) is 1. The highest BCUT2D eigenvalue weighted by molar-refractivity contribution is 5.79. The Morgan fingerprint density at radius 2 is 1.74 bits per heavy atom. The predicted octanol–water partition coefficient (Wildman–Crippen LogP) is 3.89. The number of carbonyl (C=O) groups is 1. The van der Waals surface area contributed by atoms with Crippen molar-refractivity contribution in [1.29, 1.82) is 0 Å². The lowest BCUT2D eigenvalue weighted by molar-refractivity contribution is -0.172. The average molecular weight is 430 g/mol. The summed E-state index contributed by atoms with van der Waals surface area (Å²) in [4.78, 5) is 15.0. The molecule has 2 saturated heterocycles. The lowest BCUT2D eigenvalue weighted by atomic mass is 9.50. The van der Waals surface area contributed by atoms with Crippen LogP contribution in [-0.4, -0.2) is 51.7 Å². The highest BCUT2D eigenvalue weighted by Crippen LogP contribution is 2.68. The Balaban J connectivity index is 1.32. The SMILES string of the molecule is CC1CCC2C(C)C3CCC4(O)C(CC5C4CC(O)C4CC(=O)CCC45C)C3CN2C1. The Morgan fingerprint density at radius 3 is 2.55 bits per heavy atom. The first-order chi connectivity index (χ1) is 14.7. The summed E-state index contributed by atoms with van der Waals surface area (Å²) in [5, 5.41) is 23.4. The second kappa shape index (κ2) is 7.03. The van der Waals surface area contributed by atoms with Gasteiger partial charge in [0.1, 0.15) is 5.78 Å². The summed E-state index contributed by atoms with van der Waals surface area (Å²) in [6.45, 7) is 9.67. The Kier molecular flexibility index (Phi) is 4.78. The maximum absolute atomic E-state index is 12.3. The molecule has 0 amide bonds.